The zero-order valence-corrected chi connectivity index (χ0v) is 12.6. The number of halogens is 3. The zero-order valence-electron chi connectivity index (χ0n) is 9.49. The smallest absolute Gasteiger partial charge is 0.445 e. The molecule has 4 nitrogen and oxygen atoms in total. The maximum atomic E-state index is 12.2. The molecule has 0 bridgehead atoms. The molecule has 0 aliphatic carbocycles. The van der Waals surface area contributed by atoms with E-state index >= 15 is 0 Å². The van der Waals surface area contributed by atoms with E-state index in [0.717, 1.165) is 10.8 Å². The van der Waals surface area contributed by atoms with Gasteiger partial charge in [0.2, 0.25) is 0 Å². The van der Waals surface area contributed by atoms with Gasteiger partial charge in [0.25, 0.3) is 0 Å². The summed E-state index contributed by atoms with van der Waals surface area (Å²) in [7, 11) is 1.34. The fourth-order valence-electron chi connectivity index (χ4n) is 1.04. The third-order valence-corrected chi connectivity index (χ3v) is 2.07. The molecule has 1 aromatic heterocycles. The molecule has 0 amide bonds. The number of rotatable bonds is 3. The molecule has 0 saturated heterocycles. The van der Waals surface area contributed by atoms with Gasteiger partial charge >= 0.3 is 69.5 Å². The Labute approximate surface area is 138 Å². The molecule has 0 aromatic carbocycles. The average Bonchev–Trinajstić information content (AvgIpc) is 2.17. The average molecular weight is 272 g/mol. The van der Waals surface area contributed by atoms with Crippen LogP contribution in [0.1, 0.15) is 0 Å². The van der Waals surface area contributed by atoms with E-state index in [1.54, 1.807) is 0 Å². The largest absolute Gasteiger partial charge is 1.00 e. The van der Waals surface area contributed by atoms with E-state index in [9.17, 15) is 22.5 Å². The second-order valence-corrected chi connectivity index (χ2v) is 3.38. The molecule has 0 atom stereocenters. The summed E-state index contributed by atoms with van der Waals surface area (Å²) < 4.78 is 38.3. The number of aryl methyl sites for hydroxylation is 1. The van der Waals surface area contributed by atoms with Crippen LogP contribution in [0.5, 0.6) is 0 Å². The third-order valence-electron chi connectivity index (χ3n) is 2.07. The Bertz CT molecular complexity index is 535. The van der Waals surface area contributed by atoms with Gasteiger partial charge in [-0.15, -0.1) is 12.1 Å². The first-order chi connectivity index (χ1) is 7.23. The van der Waals surface area contributed by atoms with Crippen molar-refractivity contribution in [1.29, 1.82) is 0 Å². The molecule has 0 radical (unpaired) electrons. The van der Waals surface area contributed by atoms with Crippen molar-refractivity contribution in [2.45, 2.75) is 6.54 Å². The van der Waals surface area contributed by atoms with Gasteiger partial charge < -0.3 is 22.1 Å². The van der Waals surface area contributed by atoms with Gasteiger partial charge in [-0.2, -0.15) is 0 Å². The van der Waals surface area contributed by atoms with E-state index in [2.05, 4.69) is 6.58 Å². The Hall–Kier alpha value is -0.0887. The SMILES string of the molecule is C=C(Cn1ccn(C)c(=O)c1=O)[B-](F)(F)F.[K+]. The van der Waals surface area contributed by atoms with Crippen LogP contribution in [0.4, 0.5) is 12.9 Å². The fourth-order valence-corrected chi connectivity index (χ4v) is 1.04. The first-order valence-corrected chi connectivity index (χ1v) is 4.37. The minimum Gasteiger partial charge on any atom is -0.445 e. The normalized spacial score (nSPS) is 10.8. The quantitative estimate of drug-likeness (QED) is 0.451. The van der Waals surface area contributed by atoms with Gasteiger partial charge in [-0.1, -0.05) is 0 Å². The predicted octanol–water partition coefficient (Wildman–Crippen LogP) is -2.51. The third kappa shape index (κ3) is 4.25. The van der Waals surface area contributed by atoms with Gasteiger partial charge in [0.1, 0.15) is 0 Å². The summed E-state index contributed by atoms with van der Waals surface area (Å²) in [5.41, 5.74) is -2.88. The number of aromatic nitrogens is 2. The van der Waals surface area contributed by atoms with E-state index in [1.165, 1.54) is 13.2 Å². The molecule has 0 aliphatic heterocycles. The summed E-state index contributed by atoms with van der Waals surface area (Å²) >= 11 is 0. The van der Waals surface area contributed by atoms with Crippen molar-refractivity contribution in [2.75, 3.05) is 0 Å². The van der Waals surface area contributed by atoms with Crippen LogP contribution in [0.15, 0.2) is 34.0 Å². The second-order valence-electron chi connectivity index (χ2n) is 3.38. The van der Waals surface area contributed by atoms with E-state index in [0.29, 0.717) is 4.57 Å². The van der Waals surface area contributed by atoms with Crippen molar-refractivity contribution < 1.29 is 64.3 Å². The molecule has 0 fully saturated rings. The first kappa shape index (κ1) is 16.9. The minimum absolute atomic E-state index is 0. The molecule has 17 heavy (non-hydrogen) atoms. The van der Waals surface area contributed by atoms with Crippen LogP contribution in [0, 0.1) is 0 Å². The fraction of sp³-hybridized carbons (Fsp3) is 0.250. The first-order valence-electron chi connectivity index (χ1n) is 4.37. The van der Waals surface area contributed by atoms with Crippen molar-refractivity contribution in [3.63, 3.8) is 0 Å². The van der Waals surface area contributed by atoms with Gasteiger partial charge in [-0.3, -0.25) is 9.59 Å². The summed E-state index contributed by atoms with van der Waals surface area (Å²) in [5, 5.41) is 0. The Morgan fingerprint density at radius 2 is 1.82 bits per heavy atom. The van der Waals surface area contributed by atoms with Crippen LogP contribution < -0.4 is 62.5 Å². The van der Waals surface area contributed by atoms with E-state index in [1.807, 2.05) is 0 Å². The van der Waals surface area contributed by atoms with Crippen molar-refractivity contribution in [3.8, 4) is 0 Å². The number of hydrogen-bond donors (Lipinski definition) is 0. The van der Waals surface area contributed by atoms with Gasteiger partial charge in [-0.25, -0.2) is 0 Å². The van der Waals surface area contributed by atoms with Gasteiger partial charge in [0.05, 0.1) is 0 Å². The molecule has 1 heterocycles. The monoisotopic (exact) mass is 272 g/mol. The van der Waals surface area contributed by atoms with Gasteiger partial charge in [0, 0.05) is 26.0 Å². The topological polar surface area (TPSA) is 44.0 Å². The van der Waals surface area contributed by atoms with Crippen LogP contribution >= 0.6 is 0 Å². The summed E-state index contributed by atoms with van der Waals surface area (Å²) in [6.07, 6.45) is 2.34. The maximum Gasteiger partial charge on any atom is 1.00 e. The van der Waals surface area contributed by atoms with Crippen molar-refractivity contribution in [3.05, 3.63) is 45.2 Å². The van der Waals surface area contributed by atoms with Crippen molar-refractivity contribution in [2.24, 2.45) is 7.05 Å². The molecule has 0 unspecified atom stereocenters. The molecular weight excluding hydrogens is 263 g/mol. The Morgan fingerprint density at radius 3 is 2.29 bits per heavy atom. The molecule has 0 N–H and O–H groups in total. The summed E-state index contributed by atoms with van der Waals surface area (Å²) in [6.45, 7) is -3.06. The van der Waals surface area contributed by atoms with E-state index in [-0.39, 0.29) is 51.4 Å². The van der Waals surface area contributed by atoms with Crippen molar-refractivity contribution >= 4 is 6.98 Å². The standard InChI is InChI=1S/C8H9BF3N2O2.K/c1-6(9(10,11)12)5-14-4-3-13(2)7(15)8(14)16;/h3-4H,1,5H2,2H3;/q-1;+1. The number of allylic oxidation sites excluding steroid dienone is 1. The molecule has 0 spiro atoms. The van der Waals surface area contributed by atoms with E-state index < -0.39 is 30.1 Å². The molecular formula is C8H9BF3KN2O2. The van der Waals surface area contributed by atoms with Crippen LogP contribution in [-0.2, 0) is 13.6 Å². The number of hydrogen-bond acceptors (Lipinski definition) is 2. The second kappa shape index (κ2) is 6.19. The van der Waals surface area contributed by atoms with Gasteiger partial charge in [-0.05, 0) is 0 Å². The molecule has 88 valence electrons. The van der Waals surface area contributed by atoms with Crippen molar-refractivity contribution in [1.82, 2.24) is 9.13 Å². The summed E-state index contributed by atoms with van der Waals surface area (Å²) in [5.74, 6) is 0. The Kier molecular flexibility index (Phi) is 6.16. The molecule has 9 heteroatoms. The zero-order chi connectivity index (χ0) is 12.5. The summed E-state index contributed by atoms with van der Waals surface area (Å²) in [6, 6.07) is 0. The van der Waals surface area contributed by atoms with Crippen LogP contribution in [0.25, 0.3) is 0 Å². The summed E-state index contributed by atoms with van der Waals surface area (Å²) in [4.78, 5) is 22.4. The van der Waals surface area contributed by atoms with E-state index in [4.69, 9.17) is 0 Å². The Morgan fingerprint density at radius 1 is 1.29 bits per heavy atom. The molecule has 0 saturated carbocycles. The van der Waals surface area contributed by atoms with Gasteiger partial charge in [0.15, 0.2) is 0 Å². The van der Waals surface area contributed by atoms with Crippen LogP contribution in [0.3, 0.4) is 0 Å². The number of nitrogens with zero attached hydrogens (tertiary/aromatic N) is 2. The molecule has 0 aliphatic rings. The predicted molar refractivity (Wildman–Crippen MR) is 54.2 cm³/mol. The maximum absolute atomic E-state index is 12.2. The molecule has 1 aromatic rings. The molecule has 1 rings (SSSR count). The van der Waals surface area contributed by atoms with Crippen LogP contribution in [-0.4, -0.2) is 16.1 Å². The Balaban J connectivity index is 0.00000256. The minimum atomic E-state index is -5.20. The van der Waals surface area contributed by atoms with Crippen LogP contribution in [0.2, 0.25) is 0 Å².